The SMILES string of the molecule is C[SH](C)(=O)c1cn(-c2cccc(N3CC(C(=O)O)C3)c2)c2ccc(C(F)(F)F)cc12. The van der Waals surface area contributed by atoms with Crippen LogP contribution in [0.25, 0.3) is 16.6 Å². The monoisotopic (exact) mass is 438 g/mol. The van der Waals surface area contributed by atoms with Crippen molar-refractivity contribution in [2.75, 3.05) is 30.5 Å². The van der Waals surface area contributed by atoms with Crippen molar-refractivity contribution in [3.63, 3.8) is 0 Å². The number of carbonyl (C=O) groups is 1. The van der Waals surface area contributed by atoms with Crippen LogP contribution >= 0.6 is 0 Å². The summed E-state index contributed by atoms with van der Waals surface area (Å²) in [6.07, 6.45) is 0.224. The molecule has 1 aromatic heterocycles. The number of fused-ring (bicyclic) bond motifs is 1. The Hall–Kier alpha value is -2.81. The molecule has 5 nitrogen and oxygen atoms in total. The summed E-state index contributed by atoms with van der Waals surface area (Å²) in [5, 5.41) is 9.39. The summed E-state index contributed by atoms with van der Waals surface area (Å²) in [5.74, 6) is -1.23. The van der Waals surface area contributed by atoms with Crippen molar-refractivity contribution in [2.24, 2.45) is 5.92 Å². The number of hydrogen-bond acceptors (Lipinski definition) is 3. The number of aliphatic carboxylic acids is 1. The molecular formula is C21H21F3N2O3S. The highest BCUT2D eigenvalue weighted by molar-refractivity contribution is 8.02. The molecule has 1 saturated heterocycles. The molecule has 3 aromatic rings. The molecule has 1 aliphatic heterocycles. The van der Waals surface area contributed by atoms with Gasteiger partial charge in [-0.3, -0.25) is 9.00 Å². The van der Waals surface area contributed by atoms with E-state index in [9.17, 15) is 22.2 Å². The molecule has 1 N–H and O–H groups in total. The van der Waals surface area contributed by atoms with Crippen LogP contribution in [0.4, 0.5) is 18.9 Å². The number of anilines is 1. The minimum atomic E-state index is -4.49. The number of hydrogen-bond donors (Lipinski definition) is 2. The van der Waals surface area contributed by atoms with Crippen molar-refractivity contribution in [3.05, 3.63) is 54.2 Å². The molecule has 1 aliphatic rings. The van der Waals surface area contributed by atoms with Gasteiger partial charge in [0.1, 0.15) is 0 Å². The molecule has 0 spiro atoms. The van der Waals surface area contributed by atoms with Gasteiger partial charge in [-0.1, -0.05) is 16.0 Å². The lowest BCUT2D eigenvalue weighted by Crippen LogP contribution is -2.50. The Labute approximate surface area is 172 Å². The fourth-order valence-electron chi connectivity index (χ4n) is 3.72. The highest BCUT2D eigenvalue weighted by Crippen LogP contribution is 2.37. The first-order valence-electron chi connectivity index (χ1n) is 9.31. The number of alkyl halides is 3. The summed E-state index contributed by atoms with van der Waals surface area (Å²) in [5.41, 5.74) is 1.29. The first kappa shape index (κ1) is 20.5. The molecule has 0 atom stereocenters. The van der Waals surface area contributed by atoms with Crippen LogP contribution in [0.3, 0.4) is 0 Å². The van der Waals surface area contributed by atoms with E-state index in [0.29, 0.717) is 34.6 Å². The third-order valence-corrected chi connectivity index (χ3v) is 6.91. The largest absolute Gasteiger partial charge is 0.481 e. The highest BCUT2D eigenvalue weighted by Gasteiger charge is 2.33. The number of rotatable bonds is 4. The van der Waals surface area contributed by atoms with Crippen LogP contribution in [0.2, 0.25) is 0 Å². The topological polar surface area (TPSA) is 62.5 Å². The van der Waals surface area contributed by atoms with E-state index in [1.807, 2.05) is 29.2 Å². The van der Waals surface area contributed by atoms with Gasteiger partial charge in [-0.15, -0.1) is 0 Å². The number of thiol groups is 1. The molecule has 1 fully saturated rings. The number of aromatic nitrogens is 1. The van der Waals surface area contributed by atoms with Crippen molar-refractivity contribution < 1.29 is 27.3 Å². The van der Waals surface area contributed by atoms with Gasteiger partial charge in [0.15, 0.2) is 0 Å². The minimum Gasteiger partial charge on any atom is -0.481 e. The van der Waals surface area contributed by atoms with Gasteiger partial charge in [-0.25, -0.2) is 0 Å². The van der Waals surface area contributed by atoms with E-state index in [-0.39, 0.29) is 0 Å². The van der Waals surface area contributed by atoms with E-state index < -0.39 is 33.6 Å². The Bertz CT molecular complexity index is 1190. The second kappa shape index (κ2) is 6.87. The smallest absolute Gasteiger partial charge is 0.416 e. The standard InChI is InChI=1S/C21H21F3N2O3S/c1-30(2,29)19-12-26(18-7-6-14(8-17(18)19)21(22,23)24)16-5-3-4-15(9-16)25-10-13(11-25)20(27)28/h3-9,12-13,30H,10-11H2,1-2H3,(H,27,28). The van der Waals surface area contributed by atoms with Gasteiger partial charge in [0, 0.05) is 40.9 Å². The zero-order valence-corrected chi connectivity index (χ0v) is 17.2. The average Bonchev–Trinajstić information content (AvgIpc) is 2.99. The minimum absolute atomic E-state index is 0.318. The van der Waals surface area contributed by atoms with Gasteiger partial charge in [0.2, 0.25) is 0 Å². The number of halogens is 3. The Morgan fingerprint density at radius 3 is 2.37 bits per heavy atom. The van der Waals surface area contributed by atoms with E-state index in [0.717, 1.165) is 17.8 Å². The van der Waals surface area contributed by atoms with Crippen LogP contribution < -0.4 is 4.90 Å². The van der Waals surface area contributed by atoms with Crippen LogP contribution in [-0.4, -0.2) is 45.5 Å². The first-order valence-corrected chi connectivity index (χ1v) is 11.9. The van der Waals surface area contributed by atoms with E-state index in [4.69, 9.17) is 5.11 Å². The lowest BCUT2D eigenvalue weighted by molar-refractivity contribution is -0.142. The van der Waals surface area contributed by atoms with Crippen molar-refractivity contribution in [3.8, 4) is 5.69 Å². The zero-order valence-electron chi connectivity index (χ0n) is 16.3. The summed E-state index contributed by atoms with van der Waals surface area (Å²) < 4.78 is 54.2. The molecular weight excluding hydrogens is 417 g/mol. The molecule has 9 heteroatoms. The third-order valence-electron chi connectivity index (χ3n) is 5.39. The maximum absolute atomic E-state index is 13.2. The fraction of sp³-hybridized carbons (Fsp3) is 0.286. The van der Waals surface area contributed by atoms with Gasteiger partial charge in [0.05, 0.1) is 17.0 Å². The maximum Gasteiger partial charge on any atom is 0.416 e. The number of carboxylic acid groups (broad SMARTS) is 1. The molecule has 0 saturated carbocycles. The predicted octanol–water partition coefficient (Wildman–Crippen LogP) is 3.81. The van der Waals surface area contributed by atoms with Crippen LogP contribution in [0, 0.1) is 5.92 Å². The summed E-state index contributed by atoms with van der Waals surface area (Å²) >= 11 is 0. The summed E-state index contributed by atoms with van der Waals surface area (Å²) in [4.78, 5) is 13.4. The second-order valence-corrected chi connectivity index (χ2v) is 11.1. The van der Waals surface area contributed by atoms with Gasteiger partial charge in [-0.05, 0) is 48.9 Å². The van der Waals surface area contributed by atoms with E-state index in [1.165, 1.54) is 18.6 Å². The Morgan fingerprint density at radius 1 is 1.10 bits per heavy atom. The van der Waals surface area contributed by atoms with Crippen molar-refractivity contribution >= 4 is 32.5 Å². The molecule has 0 radical (unpaired) electrons. The third kappa shape index (κ3) is 3.58. The number of nitrogens with zero attached hydrogens (tertiary/aromatic N) is 2. The zero-order chi connectivity index (χ0) is 21.8. The van der Waals surface area contributed by atoms with E-state index >= 15 is 0 Å². The fourth-order valence-corrected chi connectivity index (χ4v) is 4.87. The summed E-state index contributed by atoms with van der Waals surface area (Å²) in [6, 6.07) is 10.8. The van der Waals surface area contributed by atoms with Crippen LogP contribution in [0.15, 0.2) is 53.6 Å². The highest BCUT2D eigenvalue weighted by atomic mass is 32.2. The van der Waals surface area contributed by atoms with Crippen LogP contribution in [0.1, 0.15) is 5.56 Å². The molecule has 30 heavy (non-hydrogen) atoms. The lowest BCUT2D eigenvalue weighted by Gasteiger charge is -2.38. The van der Waals surface area contributed by atoms with Crippen LogP contribution in [0.5, 0.6) is 0 Å². The maximum atomic E-state index is 13.2. The van der Waals surface area contributed by atoms with Gasteiger partial charge >= 0.3 is 12.1 Å². The first-order chi connectivity index (χ1) is 13.9. The summed E-state index contributed by atoms with van der Waals surface area (Å²) in [6.45, 7) is 0.815. The Morgan fingerprint density at radius 2 is 1.77 bits per heavy atom. The van der Waals surface area contributed by atoms with Gasteiger partial charge in [0.25, 0.3) is 0 Å². The average molecular weight is 438 g/mol. The van der Waals surface area contributed by atoms with Crippen molar-refractivity contribution in [2.45, 2.75) is 11.1 Å². The molecule has 0 amide bonds. The van der Waals surface area contributed by atoms with Crippen LogP contribution in [-0.2, 0) is 20.9 Å². The number of benzene rings is 2. The normalized spacial score (nSPS) is 16.0. The lowest BCUT2D eigenvalue weighted by atomic mass is 9.99. The van der Waals surface area contributed by atoms with Gasteiger partial charge in [-0.2, -0.15) is 13.2 Å². The Balaban J connectivity index is 1.81. The summed E-state index contributed by atoms with van der Waals surface area (Å²) in [7, 11) is -2.84. The van der Waals surface area contributed by atoms with Crippen molar-refractivity contribution in [1.82, 2.24) is 4.57 Å². The molecule has 0 bridgehead atoms. The van der Waals surface area contributed by atoms with Gasteiger partial charge < -0.3 is 14.6 Å². The molecule has 4 rings (SSSR count). The predicted molar refractivity (Wildman–Crippen MR) is 111 cm³/mol. The molecule has 2 heterocycles. The molecule has 0 aliphatic carbocycles. The molecule has 2 aromatic carbocycles. The molecule has 0 unspecified atom stereocenters. The van der Waals surface area contributed by atoms with Crippen molar-refractivity contribution in [1.29, 1.82) is 0 Å². The Kier molecular flexibility index (Phi) is 4.68. The quantitative estimate of drug-likeness (QED) is 0.609. The number of carboxylic acids is 1. The second-order valence-electron chi connectivity index (χ2n) is 7.92. The van der Waals surface area contributed by atoms with E-state index in [2.05, 4.69) is 0 Å². The van der Waals surface area contributed by atoms with E-state index in [1.54, 1.807) is 10.8 Å². The molecule has 160 valence electrons.